The van der Waals surface area contributed by atoms with Crippen molar-refractivity contribution in [3.63, 3.8) is 0 Å². The van der Waals surface area contributed by atoms with Crippen molar-refractivity contribution in [1.29, 1.82) is 0 Å². The Morgan fingerprint density at radius 3 is 2.72 bits per heavy atom. The van der Waals surface area contributed by atoms with Crippen LogP contribution in [0.5, 0.6) is 0 Å². The third-order valence-electron chi connectivity index (χ3n) is 3.67. The van der Waals surface area contributed by atoms with Crippen LogP contribution >= 0.6 is 11.3 Å². The number of carbonyl (C=O) groups is 1. The lowest BCUT2D eigenvalue weighted by atomic mass is 9.97. The summed E-state index contributed by atoms with van der Waals surface area (Å²) >= 11 is 1.60. The molecule has 1 aromatic carbocycles. The van der Waals surface area contributed by atoms with Crippen LogP contribution in [0.2, 0.25) is 0 Å². The van der Waals surface area contributed by atoms with E-state index in [1.807, 2.05) is 50.3 Å². The largest absolute Gasteiger partial charge is 0.465 e. The number of aromatic nitrogens is 1. The Labute approximate surface area is 152 Å². The van der Waals surface area contributed by atoms with Crippen LogP contribution in [0.3, 0.4) is 0 Å². The molecule has 0 aliphatic heterocycles. The molecule has 0 atom stereocenters. The number of hydrogen-bond acceptors (Lipinski definition) is 4. The first-order valence-electron chi connectivity index (χ1n) is 8.20. The van der Waals surface area contributed by atoms with Crippen molar-refractivity contribution in [3.8, 4) is 0 Å². The lowest BCUT2D eigenvalue weighted by Gasteiger charge is -2.24. The highest BCUT2D eigenvalue weighted by molar-refractivity contribution is 7.12. The number of nitrogen functional groups attached to an aromatic ring is 1. The van der Waals surface area contributed by atoms with E-state index >= 15 is 0 Å². The quantitative estimate of drug-likeness (QED) is 0.657. The highest BCUT2D eigenvalue weighted by Crippen LogP contribution is 2.29. The molecule has 0 spiro atoms. The van der Waals surface area contributed by atoms with Crippen molar-refractivity contribution in [3.05, 3.63) is 45.4 Å². The highest BCUT2D eigenvalue weighted by atomic mass is 32.1. The van der Waals surface area contributed by atoms with Gasteiger partial charge >= 0.3 is 6.09 Å². The number of rotatable bonds is 6. The predicted molar refractivity (Wildman–Crippen MR) is 105 cm³/mol. The Morgan fingerprint density at radius 2 is 2.12 bits per heavy atom. The van der Waals surface area contributed by atoms with Gasteiger partial charge in [0.05, 0.1) is 5.69 Å². The summed E-state index contributed by atoms with van der Waals surface area (Å²) in [5, 5.41) is 12.5. The number of benzene rings is 1. The molecule has 1 aromatic heterocycles. The molecule has 134 valence electrons. The van der Waals surface area contributed by atoms with E-state index in [0.29, 0.717) is 6.42 Å². The van der Waals surface area contributed by atoms with Gasteiger partial charge in [-0.3, -0.25) is 0 Å². The molecule has 0 radical (unpaired) electrons. The topological polar surface area (TPSA) is 88.2 Å². The van der Waals surface area contributed by atoms with Crippen LogP contribution < -0.4 is 11.1 Å². The lowest BCUT2D eigenvalue weighted by Crippen LogP contribution is -2.44. The second-order valence-corrected chi connectivity index (χ2v) is 8.12. The first kappa shape index (κ1) is 19.0. The maximum atomic E-state index is 11.0. The smallest absolute Gasteiger partial charge is 0.405 e. The number of nitrogens with one attached hydrogen (secondary N) is 1. The van der Waals surface area contributed by atoms with Gasteiger partial charge in [-0.1, -0.05) is 32.1 Å². The molecule has 2 aromatic rings. The molecule has 0 unspecified atom stereocenters. The standard InChI is InChI=1S/C19H25N3O2S/c1-12(2)17-15(11-19(3,4)22-18(23)24)25-16(21-17)9-8-13-6-5-7-14(20)10-13/h5-10,12,22H,11,20H2,1-4H3,(H,23,24)/b9-8+. The Morgan fingerprint density at radius 1 is 1.40 bits per heavy atom. The summed E-state index contributed by atoms with van der Waals surface area (Å²) in [6, 6.07) is 7.67. The molecule has 0 aliphatic carbocycles. The van der Waals surface area contributed by atoms with Crippen LogP contribution in [0.25, 0.3) is 12.2 Å². The van der Waals surface area contributed by atoms with Crippen LogP contribution in [-0.4, -0.2) is 21.7 Å². The number of nitrogens with zero attached hydrogens (tertiary/aromatic N) is 1. The molecule has 0 fully saturated rings. The van der Waals surface area contributed by atoms with Crippen molar-refractivity contribution in [2.45, 2.75) is 45.6 Å². The highest BCUT2D eigenvalue weighted by Gasteiger charge is 2.25. The fraction of sp³-hybridized carbons (Fsp3) is 0.368. The SMILES string of the molecule is CC(C)c1nc(/C=C/c2cccc(N)c2)sc1CC(C)(C)NC(=O)O. The summed E-state index contributed by atoms with van der Waals surface area (Å²) < 4.78 is 0. The lowest BCUT2D eigenvalue weighted by molar-refractivity contribution is 0.182. The minimum atomic E-state index is -1.01. The molecule has 2 rings (SSSR count). The summed E-state index contributed by atoms with van der Waals surface area (Å²) in [7, 11) is 0. The van der Waals surface area contributed by atoms with Gasteiger partial charge in [-0.15, -0.1) is 11.3 Å². The van der Waals surface area contributed by atoms with Crippen LogP contribution in [0.1, 0.15) is 54.8 Å². The fourth-order valence-electron chi connectivity index (χ4n) is 2.60. The third-order valence-corrected chi connectivity index (χ3v) is 4.70. The Kier molecular flexibility index (Phi) is 5.85. The van der Waals surface area contributed by atoms with E-state index in [2.05, 4.69) is 19.2 Å². The summed E-state index contributed by atoms with van der Waals surface area (Å²) in [6.07, 6.45) is 3.56. The molecule has 25 heavy (non-hydrogen) atoms. The monoisotopic (exact) mass is 359 g/mol. The molecule has 6 heteroatoms. The van der Waals surface area contributed by atoms with E-state index in [0.717, 1.165) is 26.8 Å². The number of hydrogen-bond donors (Lipinski definition) is 3. The van der Waals surface area contributed by atoms with Gasteiger partial charge in [0.15, 0.2) is 0 Å². The average Bonchev–Trinajstić information content (AvgIpc) is 2.86. The molecule has 0 bridgehead atoms. The number of thiazole rings is 1. The molecule has 0 saturated carbocycles. The molecular weight excluding hydrogens is 334 g/mol. The number of anilines is 1. The van der Waals surface area contributed by atoms with Crippen molar-refractivity contribution in [2.24, 2.45) is 0 Å². The van der Waals surface area contributed by atoms with Gasteiger partial charge in [-0.05, 0) is 43.5 Å². The minimum Gasteiger partial charge on any atom is -0.465 e. The molecule has 0 saturated heterocycles. The van der Waals surface area contributed by atoms with Gasteiger partial charge in [-0.2, -0.15) is 0 Å². The van der Waals surface area contributed by atoms with E-state index < -0.39 is 11.6 Å². The zero-order valence-electron chi connectivity index (χ0n) is 15.0. The third kappa shape index (κ3) is 5.60. The molecule has 4 N–H and O–H groups in total. The zero-order valence-corrected chi connectivity index (χ0v) is 15.9. The van der Waals surface area contributed by atoms with Gasteiger partial charge in [0.1, 0.15) is 5.01 Å². The van der Waals surface area contributed by atoms with Gasteiger partial charge < -0.3 is 16.2 Å². The number of carboxylic acid groups (broad SMARTS) is 1. The van der Waals surface area contributed by atoms with E-state index in [9.17, 15) is 4.79 Å². The van der Waals surface area contributed by atoms with Gasteiger partial charge in [0.2, 0.25) is 0 Å². The maximum Gasteiger partial charge on any atom is 0.405 e. The summed E-state index contributed by atoms with van der Waals surface area (Å²) in [4.78, 5) is 16.8. The molecule has 0 aliphatic rings. The van der Waals surface area contributed by atoms with Gasteiger partial charge in [-0.25, -0.2) is 9.78 Å². The molecular formula is C19H25N3O2S. The van der Waals surface area contributed by atoms with Crippen molar-refractivity contribution in [2.75, 3.05) is 5.73 Å². The predicted octanol–water partition coefficient (Wildman–Crippen LogP) is 4.61. The average molecular weight is 359 g/mol. The van der Waals surface area contributed by atoms with E-state index in [1.165, 1.54) is 0 Å². The Hall–Kier alpha value is -2.34. The summed E-state index contributed by atoms with van der Waals surface area (Å²) in [5.41, 5.74) is 8.04. The number of amides is 1. The normalized spacial score (nSPS) is 12.0. The first-order chi connectivity index (χ1) is 11.7. The van der Waals surface area contributed by atoms with E-state index in [1.54, 1.807) is 11.3 Å². The fourth-order valence-corrected chi connectivity index (χ4v) is 3.95. The Bertz CT molecular complexity index is 779. The first-order valence-corrected chi connectivity index (χ1v) is 9.02. The molecule has 1 heterocycles. The van der Waals surface area contributed by atoms with Crippen LogP contribution in [-0.2, 0) is 6.42 Å². The van der Waals surface area contributed by atoms with E-state index in [4.69, 9.17) is 15.8 Å². The van der Waals surface area contributed by atoms with Crippen LogP contribution in [0.15, 0.2) is 24.3 Å². The summed E-state index contributed by atoms with van der Waals surface area (Å²) in [6.45, 7) is 7.96. The van der Waals surface area contributed by atoms with Gasteiger partial charge in [0.25, 0.3) is 0 Å². The number of nitrogens with two attached hydrogens (primary N) is 1. The van der Waals surface area contributed by atoms with Crippen molar-refractivity contribution >= 4 is 35.3 Å². The van der Waals surface area contributed by atoms with Gasteiger partial charge in [0, 0.05) is 22.5 Å². The van der Waals surface area contributed by atoms with Crippen molar-refractivity contribution < 1.29 is 9.90 Å². The molecule has 5 nitrogen and oxygen atoms in total. The zero-order chi connectivity index (χ0) is 18.6. The second kappa shape index (κ2) is 7.70. The van der Waals surface area contributed by atoms with Crippen LogP contribution in [0.4, 0.5) is 10.5 Å². The second-order valence-electron chi connectivity index (χ2n) is 7.01. The molecule has 1 amide bonds. The maximum absolute atomic E-state index is 11.0. The van der Waals surface area contributed by atoms with E-state index in [-0.39, 0.29) is 5.92 Å². The van der Waals surface area contributed by atoms with Crippen LogP contribution in [0, 0.1) is 0 Å². The minimum absolute atomic E-state index is 0.279. The Balaban J connectivity index is 2.25. The summed E-state index contributed by atoms with van der Waals surface area (Å²) in [5.74, 6) is 0.279. The van der Waals surface area contributed by atoms with Crippen molar-refractivity contribution in [1.82, 2.24) is 10.3 Å².